The number of ether oxygens (including phenoxy) is 1. The molecule has 0 bridgehead atoms. The highest BCUT2D eigenvalue weighted by atomic mass is 35.5. The van der Waals surface area contributed by atoms with Gasteiger partial charge in [-0.05, 0) is 42.1 Å². The lowest BCUT2D eigenvalue weighted by molar-refractivity contribution is 0.0259. The third kappa shape index (κ3) is 4.89. The Bertz CT molecular complexity index is 574. The minimum atomic E-state index is -0.925. The van der Waals surface area contributed by atoms with E-state index in [4.69, 9.17) is 4.74 Å². The summed E-state index contributed by atoms with van der Waals surface area (Å²) in [6.45, 7) is 7.64. The Morgan fingerprint density at radius 3 is 2.73 bits per heavy atom. The zero-order valence-electron chi connectivity index (χ0n) is 12.9. The first-order valence-electron chi connectivity index (χ1n) is 7.30. The van der Waals surface area contributed by atoms with Crippen molar-refractivity contribution in [3.05, 3.63) is 35.0 Å². The highest BCUT2D eigenvalue weighted by Gasteiger charge is 2.14. The van der Waals surface area contributed by atoms with Crippen molar-refractivity contribution in [1.82, 2.24) is 4.90 Å². The molecule has 1 aromatic carbocycles. The van der Waals surface area contributed by atoms with Crippen molar-refractivity contribution in [3.63, 3.8) is 0 Å². The fourth-order valence-corrected chi connectivity index (χ4v) is 3.07. The van der Waals surface area contributed by atoms with E-state index in [0.717, 1.165) is 29.7 Å². The molecule has 2 aromatic rings. The maximum atomic E-state index is 14.0. The second-order valence-electron chi connectivity index (χ2n) is 4.95. The van der Waals surface area contributed by atoms with E-state index in [0.29, 0.717) is 12.2 Å². The predicted octanol–water partition coefficient (Wildman–Crippen LogP) is 3.85. The van der Waals surface area contributed by atoms with Crippen LogP contribution in [0.4, 0.5) is 4.39 Å². The van der Waals surface area contributed by atoms with Crippen LogP contribution in [0, 0.1) is 5.82 Å². The average Bonchev–Trinajstić information content (AvgIpc) is 2.93. The van der Waals surface area contributed by atoms with Crippen LogP contribution >= 0.6 is 23.7 Å². The van der Waals surface area contributed by atoms with Crippen LogP contribution in [-0.2, 0) is 4.74 Å². The van der Waals surface area contributed by atoms with Crippen molar-refractivity contribution in [2.45, 2.75) is 20.0 Å². The third-order valence-corrected chi connectivity index (χ3v) is 4.53. The summed E-state index contributed by atoms with van der Waals surface area (Å²) in [7, 11) is 0. The van der Waals surface area contributed by atoms with E-state index in [1.165, 1.54) is 17.4 Å². The van der Waals surface area contributed by atoms with Crippen LogP contribution in [0.1, 0.15) is 25.5 Å². The lowest BCUT2D eigenvalue weighted by Crippen LogP contribution is -2.27. The first-order valence-corrected chi connectivity index (χ1v) is 8.18. The van der Waals surface area contributed by atoms with Crippen LogP contribution in [0.2, 0.25) is 0 Å². The van der Waals surface area contributed by atoms with Gasteiger partial charge in [-0.15, -0.1) is 23.7 Å². The first kappa shape index (κ1) is 19.3. The lowest BCUT2D eigenvalue weighted by atomic mass is 10.1. The molecule has 0 saturated heterocycles. The number of thiophene rings is 1. The molecular formula is C16H23ClFNO2S. The summed E-state index contributed by atoms with van der Waals surface area (Å²) in [4.78, 5) is 2.24. The van der Waals surface area contributed by atoms with Crippen molar-refractivity contribution in [1.29, 1.82) is 0 Å². The maximum absolute atomic E-state index is 14.0. The molecule has 3 nitrogen and oxygen atoms in total. The summed E-state index contributed by atoms with van der Waals surface area (Å²) >= 11 is 1.49. The quantitative estimate of drug-likeness (QED) is 0.736. The molecule has 0 saturated carbocycles. The Morgan fingerprint density at radius 1 is 1.32 bits per heavy atom. The Labute approximate surface area is 141 Å². The Hall–Kier alpha value is -0.720. The van der Waals surface area contributed by atoms with Gasteiger partial charge in [0.05, 0.1) is 13.2 Å². The lowest BCUT2D eigenvalue weighted by Gasteiger charge is -2.18. The molecule has 0 spiro atoms. The first-order chi connectivity index (χ1) is 10.2. The molecule has 1 N–H and O–H groups in total. The van der Waals surface area contributed by atoms with Gasteiger partial charge in [-0.2, -0.15) is 0 Å². The number of hydrogen-bond acceptors (Lipinski definition) is 4. The summed E-state index contributed by atoms with van der Waals surface area (Å²) in [5.41, 5.74) is 0.309. The van der Waals surface area contributed by atoms with Gasteiger partial charge in [0.15, 0.2) is 0 Å². The molecule has 0 aliphatic carbocycles. The molecule has 1 unspecified atom stereocenters. The molecule has 0 aliphatic rings. The van der Waals surface area contributed by atoms with Crippen molar-refractivity contribution in [3.8, 4) is 0 Å². The van der Waals surface area contributed by atoms with Gasteiger partial charge in [0.1, 0.15) is 11.9 Å². The summed E-state index contributed by atoms with van der Waals surface area (Å²) in [6, 6.07) is 5.12. The molecule has 0 amide bonds. The van der Waals surface area contributed by atoms with E-state index in [9.17, 15) is 9.50 Å². The average molecular weight is 348 g/mol. The molecule has 22 heavy (non-hydrogen) atoms. The molecule has 124 valence electrons. The van der Waals surface area contributed by atoms with Gasteiger partial charge >= 0.3 is 0 Å². The monoisotopic (exact) mass is 347 g/mol. The van der Waals surface area contributed by atoms with E-state index in [1.54, 1.807) is 6.07 Å². The van der Waals surface area contributed by atoms with Gasteiger partial charge in [-0.1, -0.05) is 13.8 Å². The molecule has 0 aliphatic heterocycles. The predicted molar refractivity (Wildman–Crippen MR) is 92.6 cm³/mol. The normalized spacial score (nSPS) is 12.6. The van der Waals surface area contributed by atoms with E-state index in [1.807, 2.05) is 11.4 Å². The van der Waals surface area contributed by atoms with Crippen molar-refractivity contribution in [2.24, 2.45) is 0 Å². The van der Waals surface area contributed by atoms with Crippen LogP contribution in [0.25, 0.3) is 10.1 Å². The van der Waals surface area contributed by atoms with Crippen LogP contribution in [0.3, 0.4) is 0 Å². The second-order valence-corrected chi connectivity index (χ2v) is 5.90. The van der Waals surface area contributed by atoms with Crippen molar-refractivity contribution < 1.29 is 14.2 Å². The summed E-state index contributed by atoms with van der Waals surface area (Å²) in [5.74, 6) is -0.371. The molecule has 1 heterocycles. The molecule has 0 fully saturated rings. The largest absolute Gasteiger partial charge is 0.386 e. The Kier molecular flexibility index (Phi) is 8.28. The van der Waals surface area contributed by atoms with Gasteiger partial charge in [0, 0.05) is 16.8 Å². The molecule has 1 atom stereocenters. The number of halogens is 2. The summed E-state index contributed by atoms with van der Waals surface area (Å²) < 4.78 is 20.3. The molecule has 2 rings (SSSR count). The van der Waals surface area contributed by atoms with E-state index in [-0.39, 0.29) is 24.8 Å². The SMILES string of the molecule is CCN(CC)CCOCC(O)c1cc2ccsc2cc1F.Cl. The van der Waals surface area contributed by atoms with Gasteiger partial charge in [0.25, 0.3) is 0 Å². The molecule has 6 heteroatoms. The molecular weight excluding hydrogens is 325 g/mol. The fourth-order valence-electron chi connectivity index (χ4n) is 2.28. The number of fused-ring (bicyclic) bond motifs is 1. The molecule has 1 aromatic heterocycles. The number of likely N-dealkylation sites (N-methyl/N-ethyl adjacent to an activating group) is 1. The highest BCUT2D eigenvalue weighted by Crippen LogP contribution is 2.27. The number of aliphatic hydroxyl groups is 1. The van der Waals surface area contributed by atoms with Crippen LogP contribution < -0.4 is 0 Å². The van der Waals surface area contributed by atoms with Crippen molar-refractivity contribution >= 4 is 33.8 Å². The number of hydrogen-bond donors (Lipinski definition) is 1. The van der Waals surface area contributed by atoms with Gasteiger partial charge < -0.3 is 14.7 Å². The maximum Gasteiger partial charge on any atom is 0.130 e. The Morgan fingerprint density at radius 2 is 2.05 bits per heavy atom. The van der Waals surface area contributed by atoms with E-state index < -0.39 is 6.10 Å². The van der Waals surface area contributed by atoms with Gasteiger partial charge in [0.2, 0.25) is 0 Å². The summed E-state index contributed by atoms with van der Waals surface area (Å²) in [6.07, 6.45) is -0.925. The second kappa shape index (κ2) is 9.43. The number of nitrogens with zero attached hydrogens (tertiary/aromatic N) is 1. The zero-order chi connectivity index (χ0) is 15.2. The van der Waals surface area contributed by atoms with E-state index >= 15 is 0 Å². The van der Waals surface area contributed by atoms with E-state index in [2.05, 4.69) is 18.7 Å². The smallest absolute Gasteiger partial charge is 0.130 e. The van der Waals surface area contributed by atoms with Gasteiger partial charge in [-0.25, -0.2) is 4.39 Å². The van der Waals surface area contributed by atoms with Crippen molar-refractivity contribution in [2.75, 3.05) is 32.8 Å². The minimum Gasteiger partial charge on any atom is -0.386 e. The third-order valence-electron chi connectivity index (χ3n) is 3.65. The van der Waals surface area contributed by atoms with Gasteiger partial charge in [-0.3, -0.25) is 0 Å². The minimum absolute atomic E-state index is 0. The fraction of sp³-hybridized carbons (Fsp3) is 0.500. The number of rotatable bonds is 8. The number of aliphatic hydroxyl groups excluding tert-OH is 1. The zero-order valence-corrected chi connectivity index (χ0v) is 14.6. The topological polar surface area (TPSA) is 32.7 Å². The summed E-state index contributed by atoms with van der Waals surface area (Å²) in [5, 5.41) is 13.0. The standard InChI is InChI=1S/C16H22FNO2S.ClH/c1-3-18(4-2)6-7-20-11-15(19)13-9-12-5-8-21-16(12)10-14(13)17;/h5,8-10,15,19H,3-4,6-7,11H2,1-2H3;1H. The van der Waals surface area contributed by atoms with Crippen LogP contribution in [0.5, 0.6) is 0 Å². The number of benzene rings is 1. The Balaban J connectivity index is 0.00000242. The molecule has 0 radical (unpaired) electrons. The highest BCUT2D eigenvalue weighted by molar-refractivity contribution is 7.17. The van der Waals surface area contributed by atoms with Crippen LogP contribution in [0.15, 0.2) is 23.6 Å². The van der Waals surface area contributed by atoms with Crippen LogP contribution in [-0.4, -0.2) is 42.9 Å².